The number of amides is 1. The summed E-state index contributed by atoms with van der Waals surface area (Å²) in [5.41, 5.74) is 0.601. The number of benzene rings is 2. The Kier molecular flexibility index (Phi) is 6.62. The molecule has 3 aromatic heterocycles. The fourth-order valence-electron chi connectivity index (χ4n) is 3.73. The van der Waals surface area contributed by atoms with Crippen LogP contribution in [0.3, 0.4) is 0 Å². The molecule has 12 heteroatoms. The van der Waals surface area contributed by atoms with E-state index in [4.69, 9.17) is 0 Å². The molecule has 2 aromatic carbocycles. The van der Waals surface area contributed by atoms with Crippen molar-refractivity contribution >= 4 is 38.6 Å². The van der Waals surface area contributed by atoms with Crippen LogP contribution in [0.4, 0.5) is 16.0 Å². The highest BCUT2D eigenvalue weighted by Crippen LogP contribution is 2.18. The number of rotatable bonds is 7. The van der Waals surface area contributed by atoms with Crippen LogP contribution in [0.5, 0.6) is 0 Å². The highest BCUT2D eigenvalue weighted by Gasteiger charge is 2.19. The third kappa shape index (κ3) is 5.25. The molecule has 0 aliphatic heterocycles. The quantitative estimate of drug-likeness (QED) is 0.329. The number of nitrogens with one attached hydrogen (secondary N) is 2. The van der Waals surface area contributed by atoms with E-state index in [1.807, 2.05) is 0 Å². The first kappa shape index (κ1) is 24.7. The number of hydrogen-bond acceptors (Lipinski definition) is 7. The lowest BCUT2D eigenvalue weighted by atomic mass is 10.1. The molecule has 190 valence electrons. The third-order valence-electron chi connectivity index (χ3n) is 5.56. The van der Waals surface area contributed by atoms with Crippen LogP contribution in [0.25, 0.3) is 11.0 Å². The lowest BCUT2D eigenvalue weighted by Crippen LogP contribution is -2.30. The molecule has 5 rings (SSSR count). The van der Waals surface area contributed by atoms with Gasteiger partial charge in [0.2, 0.25) is 5.95 Å². The van der Waals surface area contributed by atoms with Crippen molar-refractivity contribution in [2.75, 3.05) is 10.0 Å². The van der Waals surface area contributed by atoms with Crippen LogP contribution in [0.1, 0.15) is 15.9 Å². The second-order valence-corrected chi connectivity index (χ2v) is 9.83. The van der Waals surface area contributed by atoms with E-state index in [0.717, 1.165) is 0 Å². The SMILES string of the molecule is O=C(Nc1ccc(S(=O)(=O)Nc2ncccn2)cc1)c1cc2cccnc2n(Cc2ccc(F)cc2)c1=O. The van der Waals surface area contributed by atoms with E-state index in [0.29, 0.717) is 16.6 Å². The van der Waals surface area contributed by atoms with Gasteiger partial charge in [0.1, 0.15) is 17.0 Å². The van der Waals surface area contributed by atoms with E-state index < -0.39 is 27.3 Å². The molecule has 0 fully saturated rings. The lowest BCUT2D eigenvalue weighted by molar-refractivity contribution is 0.102. The second-order valence-electron chi connectivity index (χ2n) is 8.15. The lowest BCUT2D eigenvalue weighted by Gasteiger charge is -2.13. The number of nitrogens with zero attached hydrogens (tertiary/aromatic N) is 4. The average Bonchev–Trinajstić information content (AvgIpc) is 2.92. The van der Waals surface area contributed by atoms with E-state index in [9.17, 15) is 22.4 Å². The maximum absolute atomic E-state index is 13.3. The molecule has 1 amide bonds. The molecule has 5 aromatic rings. The van der Waals surface area contributed by atoms with Crippen LogP contribution in [0.2, 0.25) is 0 Å². The van der Waals surface area contributed by atoms with Gasteiger partial charge in [-0.2, -0.15) is 0 Å². The van der Waals surface area contributed by atoms with Gasteiger partial charge in [0, 0.05) is 29.7 Å². The summed E-state index contributed by atoms with van der Waals surface area (Å²) in [5, 5.41) is 3.19. The van der Waals surface area contributed by atoms with Gasteiger partial charge >= 0.3 is 0 Å². The highest BCUT2D eigenvalue weighted by atomic mass is 32.2. The zero-order valence-electron chi connectivity index (χ0n) is 19.6. The third-order valence-corrected chi connectivity index (χ3v) is 6.90. The Bertz CT molecular complexity index is 1790. The van der Waals surface area contributed by atoms with Gasteiger partial charge in [-0.25, -0.2) is 32.5 Å². The second kappa shape index (κ2) is 10.2. The van der Waals surface area contributed by atoms with E-state index in [1.165, 1.54) is 65.6 Å². The largest absolute Gasteiger partial charge is 0.322 e. The summed E-state index contributed by atoms with van der Waals surface area (Å²) in [6, 6.07) is 17.5. The predicted octanol–water partition coefficient (Wildman–Crippen LogP) is 3.43. The van der Waals surface area contributed by atoms with Crippen molar-refractivity contribution in [2.45, 2.75) is 11.4 Å². The molecule has 0 spiro atoms. The van der Waals surface area contributed by atoms with Crippen LogP contribution in [-0.4, -0.2) is 33.8 Å². The average molecular weight is 531 g/mol. The first-order valence-electron chi connectivity index (χ1n) is 11.2. The summed E-state index contributed by atoms with van der Waals surface area (Å²) in [5.74, 6) is -1.16. The van der Waals surface area contributed by atoms with Crippen molar-refractivity contribution in [3.8, 4) is 0 Å². The van der Waals surface area contributed by atoms with Gasteiger partial charge in [0.25, 0.3) is 21.5 Å². The Morgan fingerprint density at radius 1 is 0.895 bits per heavy atom. The number of sulfonamides is 1. The van der Waals surface area contributed by atoms with Gasteiger partial charge in [0.05, 0.1) is 11.4 Å². The zero-order valence-corrected chi connectivity index (χ0v) is 20.4. The number of pyridine rings is 2. The molecule has 38 heavy (non-hydrogen) atoms. The molecular formula is C26H19FN6O4S. The molecule has 0 bridgehead atoms. The summed E-state index contributed by atoms with van der Waals surface area (Å²) < 4.78 is 42.1. The summed E-state index contributed by atoms with van der Waals surface area (Å²) in [6.45, 7) is 0.0818. The Morgan fingerprint density at radius 3 is 2.29 bits per heavy atom. The fourth-order valence-corrected chi connectivity index (χ4v) is 4.69. The van der Waals surface area contributed by atoms with Crippen LogP contribution in [0, 0.1) is 5.82 Å². The highest BCUT2D eigenvalue weighted by molar-refractivity contribution is 7.92. The summed E-state index contributed by atoms with van der Waals surface area (Å²) >= 11 is 0. The minimum Gasteiger partial charge on any atom is -0.322 e. The molecule has 0 aliphatic rings. The molecule has 0 saturated carbocycles. The molecule has 10 nitrogen and oxygen atoms in total. The molecule has 3 heterocycles. The van der Waals surface area contributed by atoms with Crippen LogP contribution in [0.15, 0.2) is 101 Å². The minimum absolute atomic E-state index is 0.0682. The number of carbonyl (C=O) groups excluding carboxylic acids is 1. The van der Waals surface area contributed by atoms with E-state index in [-0.39, 0.29) is 28.6 Å². The standard InChI is InChI=1S/C26H19FN6O4S/c27-19-6-4-17(5-7-19)16-33-23-18(3-1-12-28-23)15-22(25(33)35)24(34)31-20-8-10-21(11-9-20)38(36,37)32-26-29-13-2-14-30-26/h1-15H,16H2,(H,31,34)(H,29,30,32). The number of hydrogen-bond donors (Lipinski definition) is 2. The van der Waals surface area contributed by atoms with Crippen LogP contribution in [-0.2, 0) is 16.6 Å². The maximum atomic E-state index is 13.3. The van der Waals surface area contributed by atoms with Crippen molar-refractivity contribution < 1.29 is 17.6 Å². The van der Waals surface area contributed by atoms with Crippen molar-refractivity contribution in [1.29, 1.82) is 0 Å². The Labute approximate surface area is 215 Å². The smallest absolute Gasteiger partial charge is 0.265 e. The van der Waals surface area contributed by atoms with Crippen molar-refractivity contribution in [2.24, 2.45) is 0 Å². The number of fused-ring (bicyclic) bond motifs is 1. The van der Waals surface area contributed by atoms with Gasteiger partial charge < -0.3 is 5.32 Å². The molecule has 0 atom stereocenters. The molecule has 0 aliphatic carbocycles. The topological polar surface area (TPSA) is 136 Å². The molecular weight excluding hydrogens is 511 g/mol. The first-order chi connectivity index (χ1) is 18.3. The predicted molar refractivity (Wildman–Crippen MR) is 139 cm³/mol. The normalized spacial score (nSPS) is 11.3. The molecule has 2 N–H and O–H groups in total. The van der Waals surface area contributed by atoms with E-state index >= 15 is 0 Å². The molecule has 0 saturated heterocycles. The van der Waals surface area contributed by atoms with Crippen LogP contribution < -0.4 is 15.6 Å². The maximum Gasteiger partial charge on any atom is 0.265 e. The Morgan fingerprint density at radius 2 is 1.58 bits per heavy atom. The van der Waals surface area contributed by atoms with Gasteiger partial charge in [-0.1, -0.05) is 12.1 Å². The van der Waals surface area contributed by atoms with Crippen molar-refractivity contribution in [3.05, 3.63) is 119 Å². The minimum atomic E-state index is -3.95. The van der Waals surface area contributed by atoms with E-state index in [1.54, 1.807) is 30.3 Å². The number of carbonyl (C=O) groups is 1. The summed E-state index contributed by atoms with van der Waals surface area (Å²) in [4.78, 5) is 38.3. The summed E-state index contributed by atoms with van der Waals surface area (Å²) in [7, 11) is -3.95. The van der Waals surface area contributed by atoms with Crippen molar-refractivity contribution in [3.63, 3.8) is 0 Å². The fraction of sp³-hybridized carbons (Fsp3) is 0.0385. The molecule has 0 radical (unpaired) electrons. The van der Waals surface area contributed by atoms with Gasteiger partial charge in [-0.15, -0.1) is 0 Å². The molecule has 0 unspecified atom stereocenters. The first-order valence-corrected chi connectivity index (χ1v) is 12.7. The van der Waals surface area contributed by atoms with Gasteiger partial charge in [-0.3, -0.25) is 14.2 Å². The van der Waals surface area contributed by atoms with E-state index in [2.05, 4.69) is 25.0 Å². The van der Waals surface area contributed by atoms with Crippen LogP contribution >= 0.6 is 0 Å². The van der Waals surface area contributed by atoms with Gasteiger partial charge in [0.15, 0.2) is 0 Å². The monoisotopic (exact) mass is 530 g/mol. The number of aromatic nitrogens is 4. The summed E-state index contributed by atoms with van der Waals surface area (Å²) in [6.07, 6.45) is 4.34. The zero-order chi connectivity index (χ0) is 26.7. The number of halogens is 1. The van der Waals surface area contributed by atoms with Crippen molar-refractivity contribution in [1.82, 2.24) is 19.5 Å². The van der Waals surface area contributed by atoms with Gasteiger partial charge in [-0.05, 0) is 66.2 Å². The Balaban J connectivity index is 1.41. The Hall–Kier alpha value is -4.97. The number of anilines is 2.